The smallest absolute Gasteiger partial charge is 0.205 e. The summed E-state index contributed by atoms with van der Waals surface area (Å²) in [5, 5.41) is 10.2. The van der Waals surface area contributed by atoms with Gasteiger partial charge in [-0.15, -0.1) is 0 Å². The summed E-state index contributed by atoms with van der Waals surface area (Å²) >= 11 is 1.45. The highest BCUT2D eigenvalue weighted by Gasteiger charge is 2.21. The number of nitrogens with zero attached hydrogens (tertiary/aromatic N) is 3. The van der Waals surface area contributed by atoms with Gasteiger partial charge in [0.2, 0.25) is 5.13 Å². The lowest BCUT2D eigenvalue weighted by Crippen LogP contribution is -2.36. The maximum atomic E-state index is 9.20. The molecule has 1 unspecified atom stereocenters. The van der Waals surface area contributed by atoms with E-state index in [4.69, 9.17) is 4.74 Å². The van der Waals surface area contributed by atoms with Crippen LogP contribution in [-0.2, 0) is 11.2 Å². The molecule has 0 radical (unpaired) electrons. The Morgan fingerprint density at radius 2 is 2.47 bits per heavy atom. The Hall–Kier alpha value is -0.720. The fraction of sp³-hybridized carbons (Fsp3) is 0.818. The lowest BCUT2D eigenvalue weighted by molar-refractivity contribution is 0.200. The van der Waals surface area contributed by atoms with E-state index in [0.29, 0.717) is 12.5 Å². The van der Waals surface area contributed by atoms with E-state index in [1.807, 2.05) is 0 Å². The molecular weight excluding hydrogens is 238 g/mol. The van der Waals surface area contributed by atoms with Crippen LogP contribution in [0.1, 0.15) is 18.7 Å². The van der Waals surface area contributed by atoms with Crippen molar-refractivity contribution in [1.82, 2.24) is 9.36 Å². The zero-order valence-electron chi connectivity index (χ0n) is 10.1. The molecule has 96 valence electrons. The van der Waals surface area contributed by atoms with Gasteiger partial charge in [0.25, 0.3) is 0 Å². The molecule has 0 saturated carbocycles. The molecule has 1 aliphatic rings. The van der Waals surface area contributed by atoms with Crippen LogP contribution in [0.4, 0.5) is 5.13 Å². The molecule has 2 rings (SSSR count). The SMILES string of the molecule is COCCc1nsc(N2CCCC(CO)C2)n1. The normalized spacial score (nSPS) is 20.8. The molecule has 0 bridgehead atoms. The van der Waals surface area contributed by atoms with Gasteiger partial charge in [-0.2, -0.15) is 4.37 Å². The fourth-order valence-corrected chi connectivity index (χ4v) is 2.80. The average Bonchev–Trinajstić information content (AvgIpc) is 2.85. The molecule has 6 heteroatoms. The van der Waals surface area contributed by atoms with E-state index in [0.717, 1.165) is 43.3 Å². The van der Waals surface area contributed by atoms with E-state index in [-0.39, 0.29) is 6.61 Å². The van der Waals surface area contributed by atoms with Gasteiger partial charge in [0.1, 0.15) is 5.82 Å². The Balaban J connectivity index is 1.94. The number of hydrogen-bond donors (Lipinski definition) is 1. The number of methoxy groups -OCH3 is 1. The summed E-state index contributed by atoms with van der Waals surface area (Å²) in [6.45, 7) is 2.85. The molecular formula is C11H19N3O2S. The van der Waals surface area contributed by atoms with Gasteiger partial charge in [-0.05, 0) is 18.8 Å². The van der Waals surface area contributed by atoms with Gasteiger partial charge in [-0.1, -0.05) is 0 Å². The molecule has 17 heavy (non-hydrogen) atoms. The number of ether oxygens (including phenoxy) is 1. The first-order valence-electron chi connectivity index (χ1n) is 6.01. The number of anilines is 1. The molecule has 1 saturated heterocycles. The summed E-state index contributed by atoms with van der Waals surface area (Å²) in [7, 11) is 1.68. The first-order chi connectivity index (χ1) is 8.33. The quantitative estimate of drug-likeness (QED) is 0.850. The third-order valence-electron chi connectivity index (χ3n) is 3.03. The Labute approximate surface area is 106 Å². The van der Waals surface area contributed by atoms with Crippen LogP contribution in [0.2, 0.25) is 0 Å². The molecule has 0 aromatic carbocycles. The van der Waals surface area contributed by atoms with Crippen LogP contribution in [0.25, 0.3) is 0 Å². The zero-order valence-corrected chi connectivity index (χ0v) is 10.9. The Morgan fingerprint density at radius 1 is 1.59 bits per heavy atom. The Kier molecular flexibility index (Phi) is 4.70. The van der Waals surface area contributed by atoms with E-state index < -0.39 is 0 Å². The predicted molar refractivity (Wildman–Crippen MR) is 67.5 cm³/mol. The van der Waals surface area contributed by atoms with Crippen LogP contribution in [0.3, 0.4) is 0 Å². The maximum absolute atomic E-state index is 9.20. The van der Waals surface area contributed by atoms with Crippen molar-refractivity contribution in [1.29, 1.82) is 0 Å². The second-order valence-corrected chi connectivity index (χ2v) is 5.10. The topological polar surface area (TPSA) is 58.5 Å². The highest BCUT2D eigenvalue weighted by atomic mass is 32.1. The highest BCUT2D eigenvalue weighted by Crippen LogP contribution is 2.24. The fourth-order valence-electron chi connectivity index (χ4n) is 2.06. The third kappa shape index (κ3) is 3.37. The van der Waals surface area contributed by atoms with Gasteiger partial charge in [0, 0.05) is 44.8 Å². The molecule has 1 aromatic rings. The monoisotopic (exact) mass is 257 g/mol. The molecule has 1 atom stereocenters. The number of hydrogen-bond acceptors (Lipinski definition) is 6. The zero-order chi connectivity index (χ0) is 12.1. The number of rotatable bonds is 5. The second-order valence-electron chi connectivity index (χ2n) is 4.37. The van der Waals surface area contributed by atoms with Crippen molar-refractivity contribution in [3.63, 3.8) is 0 Å². The number of aliphatic hydroxyl groups is 1. The highest BCUT2D eigenvalue weighted by molar-refractivity contribution is 7.09. The number of aromatic nitrogens is 2. The second kappa shape index (κ2) is 6.28. The minimum atomic E-state index is 0.270. The average molecular weight is 257 g/mol. The first-order valence-corrected chi connectivity index (χ1v) is 6.78. The predicted octanol–water partition coefficient (Wildman–Crippen LogP) is 0.936. The lowest BCUT2D eigenvalue weighted by Gasteiger charge is -2.31. The van der Waals surface area contributed by atoms with Gasteiger partial charge < -0.3 is 14.7 Å². The maximum Gasteiger partial charge on any atom is 0.205 e. The van der Waals surface area contributed by atoms with Crippen LogP contribution in [-0.4, -0.2) is 47.9 Å². The Morgan fingerprint density at radius 3 is 3.24 bits per heavy atom. The lowest BCUT2D eigenvalue weighted by atomic mass is 10.00. The van der Waals surface area contributed by atoms with Gasteiger partial charge in [-0.25, -0.2) is 4.98 Å². The molecule has 0 spiro atoms. The van der Waals surface area contributed by atoms with Crippen molar-refractivity contribution >= 4 is 16.7 Å². The summed E-state index contributed by atoms with van der Waals surface area (Å²) in [6, 6.07) is 0. The van der Waals surface area contributed by atoms with Crippen LogP contribution in [0.15, 0.2) is 0 Å². The Bertz CT molecular complexity index is 345. The standard InChI is InChI=1S/C11H19N3O2S/c1-16-6-4-10-12-11(17-13-10)14-5-2-3-9(7-14)8-15/h9,15H,2-8H2,1H3. The number of aliphatic hydroxyl groups excluding tert-OH is 1. The summed E-state index contributed by atoms with van der Waals surface area (Å²) in [5.74, 6) is 1.24. The largest absolute Gasteiger partial charge is 0.396 e. The molecule has 1 aliphatic heterocycles. The molecule has 0 amide bonds. The van der Waals surface area contributed by atoms with Crippen LogP contribution < -0.4 is 4.90 Å². The molecule has 1 fully saturated rings. The van der Waals surface area contributed by atoms with Gasteiger partial charge in [0.15, 0.2) is 0 Å². The van der Waals surface area contributed by atoms with E-state index in [1.165, 1.54) is 11.5 Å². The van der Waals surface area contributed by atoms with Gasteiger partial charge >= 0.3 is 0 Å². The van der Waals surface area contributed by atoms with E-state index in [2.05, 4.69) is 14.3 Å². The van der Waals surface area contributed by atoms with Crippen molar-refractivity contribution < 1.29 is 9.84 Å². The molecule has 5 nitrogen and oxygen atoms in total. The van der Waals surface area contributed by atoms with E-state index >= 15 is 0 Å². The van der Waals surface area contributed by atoms with Crippen LogP contribution >= 0.6 is 11.5 Å². The van der Waals surface area contributed by atoms with Crippen LogP contribution in [0.5, 0.6) is 0 Å². The first kappa shape index (κ1) is 12.7. The summed E-state index contributed by atoms with van der Waals surface area (Å²) in [6.07, 6.45) is 3.00. The molecule has 0 aliphatic carbocycles. The summed E-state index contributed by atoms with van der Waals surface area (Å²) < 4.78 is 9.34. The molecule has 2 heterocycles. The van der Waals surface area contributed by atoms with Gasteiger partial charge in [-0.3, -0.25) is 0 Å². The minimum absolute atomic E-state index is 0.270. The minimum Gasteiger partial charge on any atom is -0.396 e. The van der Waals surface area contributed by atoms with E-state index in [1.54, 1.807) is 7.11 Å². The molecule has 1 aromatic heterocycles. The summed E-state index contributed by atoms with van der Waals surface area (Å²) in [4.78, 5) is 6.75. The van der Waals surface area contributed by atoms with E-state index in [9.17, 15) is 5.11 Å². The van der Waals surface area contributed by atoms with Crippen molar-refractivity contribution in [2.75, 3.05) is 38.3 Å². The molecule has 1 N–H and O–H groups in total. The van der Waals surface area contributed by atoms with Crippen molar-refractivity contribution in [3.8, 4) is 0 Å². The van der Waals surface area contributed by atoms with Gasteiger partial charge in [0.05, 0.1) is 6.61 Å². The number of piperidine rings is 1. The van der Waals surface area contributed by atoms with Crippen molar-refractivity contribution in [2.24, 2.45) is 5.92 Å². The van der Waals surface area contributed by atoms with Crippen molar-refractivity contribution in [2.45, 2.75) is 19.3 Å². The summed E-state index contributed by atoms with van der Waals surface area (Å²) in [5.41, 5.74) is 0. The van der Waals surface area contributed by atoms with Crippen LogP contribution in [0, 0.1) is 5.92 Å². The van der Waals surface area contributed by atoms with Crippen molar-refractivity contribution in [3.05, 3.63) is 5.82 Å². The third-order valence-corrected chi connectivity index (χ3v) is 3.85.